The Morgan fingerprint density at radius 2 is 2.10 bits per heavy atom. The van der Waals surface area contributed by atoms with Crippen LogP contribution < -0.4 is 10.1 Å². The summed E-state index contributed by atoms with van der Waals surface area (Å²) in [5.74, 6) is 0.996. The molecule has 2 aromatic carbocycles. The van der Waals surface area contributed by atoms with E-state index in [1.165, 1.54) is 11.1 Å². The van der Waals surface area contributed by atoms with Crippen LogP contribution in [0.3, 0.4) is 0 Å². The maximum Gasteiger partial charge on any atom is 0.123 e. The molecule has 1 aliphatic rings. The highest BCUT2D eigenvalue weighted by atomic mass is 16.5. The molecule has 0 atom stereocenters. The molecular weight excluding hydrogens is 260 g/mol. The zero-order valence-corrected chi connectivity index (χ0v) is 12.3. The van der Waals surface area contributed by atoms with Crippen molar-refractivity contribution < 1.29 is 4.74 Å². The molecule has 0 saturated carbocycles. The van der Waals surface area contributed by atoms with Crippen LogP contribution in [-0.2, 0) is 13.0 Å². The molecule has 0 spiro atoms. The van der Waals surface area contributed by atoms with Gasteiger partial charge >= 0.3 is 0 Å². The first kappa shape index (κ1) is 13.5. The average molecular weight is 278 g/mol. The van der Waals surface area contributed by atoms with E-state index < -0.39 is 0 Å². The van der Waals surface area contributed by atoms with Crippen molar-refractivity contribution in [1.82, 2.24) is 0 Å². The molecule has 1 heterocycles. The van der Waals surface area contributed by atoms with Gasteiger partial charge in [-0.25, -0.2) is 0 Å². The van der Waals surface area contributed by atoms with Crippen molar-refractivity contribution in [2.24, 2.45) is 0 Å². The average Bonchev–Trinajstić information content (AvgIpc) is 2.78. The van der Waals surface area contributed by atoms with Gasteiger partial charge in [0, 0.05) is 18.7 Å². The summed E-state index contributed by atoms with van der Waals surface area (Å²) >= 11 is 0. The van der Waals surface area contributed by atoms with E-state index in [0.717, 1.165) is 24.4 Å². The predicted molar refractivity (Wildman–Crippen MR) is 83.3 cm³/mol. The van der Waals surface area contributed by atoms with Crippen LogP contribution in [0.2, 0.25) is 0 Å². The van der Waals surface area contributed by atoms with Crippen LogP contribution in [0.1, 0.15) is 30.5 Å². The van der Waals surface area contributed by atoms with Crippen LogP contribution in [0.25, 0.3) is 0 Å². The summed E-state index contributed by atoms with van der Waals surface area (Å²) in [6.45, 7) is 4.96. The summed E-state index contributed by atoms with van der Waals surface area (Å²) in [6.07, 6.45) is 0.945. The van der Waals surface area contributed by atoms with Crippen LogP contribution in [0.15, 0.2) is 42.5 Å². The van der Waals surface area contributed by atoms with E-state index in [1.54, 1.807) is 6.07 Å². The molecule has 1 N–H and O–H groups in total. The van der Waals surface area contributed by atoms with Crippen LogP contribution in [-0.4, -0.2) is 5.60 Å². The monoisotopic (exact) mass is 278 g/mol. The second kappa shape index (κ2) is 5.14. The lowest BCUT2D eigenvalue weighted by Crippen LogP contribution is -2.24. The lowest BCUT2D eigenvalue weighted by atomic mass is 10.0. The molecule has 0 radical (unpaired) electrons. The Balaban J connectivity index is 1.71. The fourth-order valence-electron chi connectivity index (χ4n) is 2.68. The van der Waals surface area contributed by atoms with Crippen LogP contribution in [0, 0.1) is 11.3 Å². The lowest BCUT2D eigenvalue weighted by Gasteiger charge is -2.16. The fourth-order valence-corrected chi connectivity index (χ4v) is 2.68. The number of ether oxygens (including phenoxy) is 1. The molecule has 0 fully saturated rings. The second-order valence-electron chi connectivity index (χ2n) is 6.03. The van der Waals surface area contributed by atoms with Gasteiger partial charge in [0.05, 0.1) is 11.6 Å². The molecule has 0 unspecified atom stereocenters. The largest absolute Gasteiger partial charge is 0.487 e. The molecule has 3 heteroatoms. The summed E-state index contributed by atoms with van der Waals surface area (Å²) in [5.41, 5.74) is 4.02. The van der Waals surface area contributed by atoms with Gasteiger partial charge in [-0.2, -0.15) is 5.26 Å². The first-order chi connectivity index (χ1) is 10.1. The summed E-state index contributed by atoms with van der Waals surface area (Å²) in [5, 5.41) is 12.3. The molecule has 0 bridgehead atoms. The van der Waals surface area contributed by atoms with Gasteiger partial charge in [0.1, 0.15) is 11.4 Å². The third-order valence-electron chi connectivity index (χ3n) is 3.62. The summed E-state index contributed by atoms with van der Waals surface area (Å²) < 4.78 is 5.89. The van der Waals surface area contributed by atoms with E-state index in [0.29, 0.717) is 5.56 Å². The van der Waals surface area contributed by atoms with Crippen molar-refractivity contribution >= 4 is 5.69 Å². The third-order valence-corrected chi connectivity index (χ3v) is 3.62. The molecule has 3 nitrogen and oxygen atoms in total. The minimum atomic E-state index is -0.102. The Morgan fingerprint density at radius 3 is 2.90 bits per heavy atom. The number of rotatable bonds is 3. The number of nitrogens with zero attached hydrogens (tertiary/aromatic N) is 1. The Labute approximate surface area is 125 Å². The van der Waals surface area contributed by atoms with Gasteiger partial charge in [0.2, 0.25) is 0 Å². The van der Waals surface area contributed by atoms with Gasteiger partial charge in [-0.15, -0.1) is 0 Å². The second-order valence-corrected chi connectivity index (χ2v) is 6.03. The Bertz CT molecular complexity index is 713. The number of nitrogens with one attached hydrogen (secondary N) is 1. The molecular formula is C18H18N2O. The van der Waals surface area contributed by atoms with E-state index >= 15 is 0 Å². The minimum absolute atomic E-state index is 0.102. The van der Waals surface area contributed by atoms with Crippen molar-refractivity contribution in [2.45, 2.75) is 32.4 Å². The summed E-state index contributed by atoms with van der Waals surface area (Å²) in [7, 11) is 0. The third kappa shape index (κ3) is 3.00. The molecule has 0 aromatic heterocycles. The molecule has 0 aliphatic carbocycles. The molecule has 3 rings (SSSR count). The molecule has 2 aromatic rings. The van der Waals surface area contributed by atoms with Crippen molar-refractivity contribution in [1.29, 1.82) is 5.26 Å². The standard InChI is InChI=1S/C18H18N2O/c1-18(2)10-15-8-14(6-7-17(15)21-18)12-20-16-5-3-4-13(9-16)11-19/h3-9,20H,10,12H2,1-2H3. The first-order valence-corrected chi connectivity index (χ1v) is 7.11. The normalized spacial score (nSPS) is 14.9. The highest BCUT2D eigenvalue weighted by Gasteiger charge is 2.29. The topological polar surface area (TPSA) is 45.0 Å². The Morgan fingerprint density at radius 1 is 1.24 bits per heavy atom. The minimum Gasteiger partial charge on any atom is -0.487 e. The van der Waals surface area contributed by atoms with E-state index in [1.807, 2.05) is 24.3 Å². The molecule has 21 heavy (non-hydrogen) atoms. The predicted octanol–water partition coefficient (Wildman–Crippen LogP) is 3.88. The van der Waals surface area contributed by atoms with Crippen LogP contribution >= 0.6 is 0 Å². The van der Waals surface area contributed by atoms with E-state index in [-0.39, 0.29) is 5.60 Å². The Hall–Kier alpha value is -2.47. The first-order valence-electron chi connectivity index (χ1n) is 7.11. The van der Waals surface area contributed by atoms with E-state index in [9.17, 15) is 0 Å². The van der Waals surface area contributed by atoms with Gasteiger partial charge in [0.15, 0.2) is 0 Å². The van der Waals surface area contributed by atoms with Crippen molar-refractivity contribution in [3.8, 4) is 11.8 Å². The zero-order valence-electron chi connectivity index (χ0n) is 12.3. The number of benzene rings is 2. The van der Waals surface area contributed by atoms with Crippen molar-refractivity contribution in [2.75, 3.05) is 5.32 Å². The van der Waals surface area contributed by atoms with E-state index in [4.69, 9.17) is 10.00 Å². The number of anilines is 1. The zero-order chi connectivity index (χ0) is 14.9. The van der Waals surface area contributed by atoms with Crippen LogP contribution in [0.5, 0.6) is 5.75 Å². The van der Waals surface area contributed by atoms with Crippen molar-refractivity contribution in [3.63, 3.8) is 0 Å². The maximum absolute atomic E-state index is 8.91. The number of hydrogen-bond acceptors (Lipinski definition) is 3. The summed E-state index contributed by atoms with van der Waals surface area (Å²) in [6, 6.07) is 16.0. The smallest absolute Gasteiger partial charge is 0.123 e. The molecule has 0 saturated heterocycles. The van der Waals surface area contributed by atoms with Crippen molar-refractivity contribution in [3.05, 3.63) is 59.2 Å². The number of fused-ring (bicyclic) bond motifs is 1. The summed E-state index contributed by atoms with van der Waals surface area (Å²) in [4.78, 5) is 0. The maximum atomic E-state index is 8.91. The van der Waals surface area contributed by atoms with Gasteiger partial charge in [-0.1, -0.05) is 18.2 Å². The van der Waals surface area contributed by atoms with E-state index in [2.05, 4.69) is 37.4 Å². The van der Waals surface area contributed by atoms with Gasteiger partial charge < -0.3 is 10.1 Å². The van der Waals surface area contributed by atoms with Gasteiger partial charge in [-0.3, -0.25) is 0 Å². The molecule has 106 valence electrons. The van der Waals surface area contributed by atoms with Crippen LogP contribution in [0.4, 0.5) is 5.69 Å². The lowest BCUT2D eigenvalue weighted by molar-refractivity contribution is 0.138. The molecule has 1 aliphatic heterocycles. The SMILES string of the molecule is CC1(C)Cc2cc(CNc3cccc(C#N)c3)ccc2O1. The molecule has 0 amide bonds. The fraction of sp³-hybridized carbons (Fsp3) is 0.278. The van der Waals surface area contributed by atoms with Gasteiger partial charge in [0.25, 0.3) is 0 Å². The highest BCUT2D eigenvalue weighted by molar-refractivity contribution is 5.50. The number of nitriles is 1. The number of hydrogen-bond donors (Lipinski definition) is 1. The van der Waals surface area contributed by atoms with Gasteiger partial charge in [-0.05, 0) is 49.2 Å². The Kier molecular flexibility index (Phi) is 3.31. The quantitative estimate of drug-likeness (QED) is 0.926. The highest BCUT2D eigenvalue weighted by Crippen LogP contribution is 2.35.